The molecular weight excluding hydrogens is 482 g/mol. The Hall–Kier alpha value is -1.98. The standard InChI is InChI=1S/C34H49N3O2/c1-33-15-11-27(39-32(38)24-13-18-37(19-14-24)21-20-36(3)4)22-26(33)7-8-28-30-10-9-29(25-6-5-17-35-23-25)34(30,2)16-12-31(28)33/h5-7,9,17,23-24,27-28,30-31H,8,10-16,18-22H2,1-4H3/t27?,28?,30-,31-,33?,34?/m0/s1. The quantitative estimate of drug-likeness (QED) is 0.322. The molecule has 0 radical (unpaired) electrons. The first-order chi connectivity index (χ1) is 18.8. The molecule has 0 spiro atoms. The topological polar surface area (TPSA) is 45.7 Å². The molecule has 39 heavy (non-hydrogen) atoms. The van der Waals surface area contributed by atoms with Crippen LogP contribution in [0.15, 0.2) is 42.3 Å². The van der Waals surface area contributed by atoms with Crippen molar-refractivity contribution in [2.45, 2.75) is 77.7 Å². The Morgan fingerprint density at radius 2 is 1.85 bits per heavy atom. The van der Waals surface area contributed by atoms with E-state index >= 15 is 0 Å². The monoisotopic (exact) mass is 531 g/mol. The first-order valence-electron chi connectivity index (χ1n) is 15.7. The summed E-state index contributed by atoms with van der Waals surface area (Å²) in [5, 5.41) is 0. The summed E-state index contributed by atoms with van der Waals surface area (Å²) in [6, 6.07) is 4.33. The number of allylic oxidation sites excluding steroid dienone is 3. The van der Waals surface area contributed by atoms with E-state index in [4.69, 9.17) is 4.74 Å². The van der Waals surface area contributed by atoms with E-state index in [9.17, 15) is 4.79 Å². The third-order valence-electron chi connectivity index (χ3n) is 11.7. The van der Waals surface area contributed by atoms with Crippen molar-refractivity contribution in [2.75, 3.05) is 40.3 Å². The van der Waals surface area contributed by atoms with Crippen LogP contribution in [0.5, 0.6) is 0 Å². The zero-order chi connectivity index (χ0) is 27.2. The molecule has 0 aromatic carbocycles. The van der Waals surface area contributed by atoms with Crippen LogP contribution in [0.2, 0.25) is 0 Å². The van der Waals surface area contributed by atoms with E-state index in [1.54, 1.807) is 5.57 Å². The zero-order valence-corrected chi connectivity index (χ0v) is 24.7. The summed E-state index contributed by atoms with van der Waals surface area (Å²) in [5.41, 5.74) is 4.98. The van der Waals surface area contributed by atoms with Gasteiger partial charge in [-0.05, 0) is 124 Å². The number of nitrogens with zero attached hydrogens (tertiary/aromatic N) is 3. The second kappa shape index (κ2) is 10.8. The van der Waals surface area contributed by atoms with E-state index in [-0.39, 0.29) is 28.8 Å². The highest BCUT2D eigenvalue weighted by atomic mass is 16.5. The van der Waals surface area contributed by atoms with Gasteiger partial charge in [-0.2, -0.15) is 0 Å². The molecule has 0 bridgehead atoms. The van der Waals surface area contributed by atoms with E-state index in [1.807, 2.05) is 6.20 Å². The summed E-state index contributed by atoms with van der Waals surface area (Å²) >= 11 is 0. The highest BCUT2D eigenvalue weighted by Crippen LogP contribution is 2.66. The fourth-order valence-corrected chi connectivity index (χ4v) is 9.26. The first kappa shape index (κ1) is 27.2. The van der Waals surface area contributed by atoms with Gasteiger partial charge in [0.05, 0.1) is 5.92 Å². The van der Waals surface area contributed by atoms with Gasteiger partial charge in [0.1, 0.15) is 6.10 Å². The van der Waals surface area contributed by atoms with E-state index in [0.717, 1.165) is 76.0 Å². The van der Waals surface area contributed by atoms with Crippen molar-refractivity contribution >= 4 is 11.5 Å². The Morgan fingerprint density at radius 3 is 2.59 bits per heavy atom. The Balaban J connectivity index is 1.07. The lowest BCUT2D eigenvalue weighted by Gasteiger charge is -2.58. The number of pyridine rings is 1. The second-order valence-electron chi connectivity index (χ2n) is 14.0. The van der Waals surface area contributed by atoms with Crippen LogP contribution in [-0.2, 0) is 9.53 Å². The van der Waals surface area contributed by atoms with Crippen LogP contribution in [-0.4, -0.2) is 67.1 Å². The minimum Gasteiger partial charge on any atom is -0.462 e. The molecule has 5 nitrogen and oxygen atoms in total. The number of aromatic nitrogens is 1. The smallest absolute Gasteiger partial charge is 0.309 e. The van der Waals surface area contributed by atoms with Crippen molar-refractivity contribution in [2.24, 2.45) is 34.5 Å². The van der Waals surface area contributed by atoms with Gasteiger partial charge < -0.3 is 14.5 Å². The van der Waals surface area contributed by atoms with Gasteiger partial charge in [-0.25, -0.2) is 0 Å². The Labute approximate surface area is 236 Å². The summed E-state index contributed by atoms with van der Waals surface area (Å²) in [6.07, 6.45) is 19.1. The van der Waals surface area contributed by atoms with E-state index in [0.29, 0.717) is 0 Å². The van der Waals surface area contributed by atoms with Gasteiger partial charge in [0.2, 0.25) is 0 Å². The fraction of sp³-hybridized carbons (Fsp3) is 0.706. The molecule has 6 atom stereocenters. The molecule has 5 heteroatoms. The van der Waals surface area contributed by atoms with Gasteiger partial charge in [0, 0.05) is 31.9 Å². The molecule has 0 amide bonds. The molecular formula is C34H49N3O2. The van der Waals surface area contributed by atoms with Gasteiger partial charge in [-0.15, -0.1) is 0 Å². The summed E-state index contributed by atoms with van der Waals surface area (Å²) in [7, 11) is 4.25. The number of hydrogen-bond acceptors (Lipinski definition) is 5. The van der Waals surface area contributed by atoms with Crippen molar-refractivity contribution in [1.82, 2.24) is 14.8 Å². The van der Waals surface area contributed by atoms with Crippen LogP contribution in [0.1, 0.15) is 77.2 Å². The van der Waals surface area contributed by atoms with E-state index in [1.165, 1.54) is 36.8 Å². The number of esters is 1. The normalized spacial score (nSPS) is 36.9. The van der Waals surface area contributed by atoms with Crippen molar-refractivity contribution in [1.29, 1.82) is 0 Å². The molecule has 212 valence electrons. The second-order valence-corrected chi connectivity index (χ2v) is 14.0. The largest absolute Gasteiger partial charge is 0.462 e. The maximum atomic E-state index is 13.1. The molecule has 3 fully saturated rings. The van der Waals surface area contributed by atoms with Crippen LogP contribution in [0.25, 0.3) is 5.57 Å². The third-order valence-corrected chi connectivity index (χ3v) is 11.7. The molecule has 1 aromatic heterocycles. The molecule has 4 aliphatic carbocycles. The maximum Gasteiger partial charge on any atom is 0.309 e. The van der Waals surface area contributed by atoms with Gasteiger partial charge in [-0.1, -0.05) is 37.6 Å². The maximum absolute atomic E-state index is 13.1. The SMILES string of the molecule is CN(C)CCN1CCC(C(=O)OC2CCC3(C)C(=CCC4[C@@H]3CCC3(C)C(c5cccnc5)=CC[C@@H]43)C2)CC1. The van der Waals surface area contributed by atoms with Crippen LogP contribution < -0.4 is 0 Å². The average Bonchev–Trinajstić information content (AvgIpc) is 3.30. The number of rotatable bonds is 6. The molecule has 5 aliphatic rings. The summed E-state index contributed by atoms with van der Waals surface area (Å²) in [6.45, 7) is 9.28. The molecule has 1 aromatic rings. The molecule has 1 saturated heterocycles. The van der Waals surface area contributed by atoms with E-state index < -0.39 is 0 Å². The number of likely N-dealkylation sites (tertiary alicyclic amines) is 1. The lowest BCUT2D eigenvalue weighted by Crippen LogP contribution is -2.50. The van der Waals surface area contributed by atoms with Crippen LogP contribution in [0.3, 0.4) is 0 Å². The van der Waals surface area contributed by atoms with Crippen molar-refractivity contribution < 1.29 is 9.53 Å². The minimum atomic E-state index is 0.0681. The lowest BCUT2D eigenvalue weighted by molar-refractivity contribution is -0.158. The Bertz CT molecular complexity index is 1100. The van der Waals surface area contributed by atoms with Crippen LogP contribution in [0.4, 0.5) is 0 Å². The van der Waals surface area contributed by atoms with E-state index in [2.05, 4.69) is 73.2 Å². The number of hydrogen-bond donors (Lipinski definition) is 0. The molecule has 6 rings (SSSR count). The minimum absolute atomic E-state index is 0.0681. The van der Waals surface area contributed by atoms with Gasteiger partial charge in [0.25, 0.3) is 0 Å². The van der Waals surface area contributed by atoms with Crippen molar-refractivity contribution in [3.8, 4) is 0 Å². The summed E-state index contributed by atoms with van der Waals surface area (Å²) in [4.78, 5) is 22.3. The predicted molar refractivity (Wildman–Crippen MR) is 157 cm³/mol. The molecule has 1 aliphatic heterocycles. The number of ether oxygens (including phenoxy) is 1. The van der Waals surface area contributed by atoms with Gasteiger partial charge >= 0.3 is 5.97 Å². The highest BCUT2D eigenvalue weighted by Gasteiger charge is 2.57. The molecule has 0 N–H and O–H groups in total. The number of fused-ring (bicyclic) bond motifs is 5. The number of carbonyl (C=O) groups excluding carboxylic acids is 1. The Morgan fingerprint density at radius 1 is 1.05 bits per heavy atom. The van der Waals surface area contributed by atoms with Crippen molar-refractivity contribution in [3.63, 3.8) is 0 Å². The van der Waals surface area contributed by atoms with Crippen molar-refractivity contribution in [3.05, 3.63) is 47.8 Å². The molecule has 2 heterocycles. The zero-order valence-electron chi connectivity index (χ0n) is 24.7. The number of piperidine rings is 1. The van der Waals surface area contributed by atoms with Gasteiger partial charge in [-0.3, -0.25) is 9.78 Å². The molecule has 4 unspecified atom stereocenters. The van der Waals surface area contributed by atoms with Crippen LogP contribution in [0, 0.1) is 34.5 Å². The third kappa shape index (κ3) is 5.03. The average molecular weight is 532 g/mol. The van der Waals surface area contributed by atoms with Crippen LogP contribution >= 0.6 is 0 Å². The Kier molecular flexibility index (Phi) is 7.52. The number of likely N-dealkylation sites (N-methyl/N-ethyl adjacent to an activating group) is 1. The lowest BCUT2D eigenvalue weighted by atomic mass is 9.47. The number of carbonyl (C=O) groups is 1. The van der Waals surface area contributed by atoms with Gasteiger partial charge in [0.15, 0.2) is 0 Å². The first-order valence-corrected chi connectivity index (χ1v) is 15.7. The summed E-state index contributed by atoms with van der Waals surface area (Å²) < 4.78 is 6.22. The summed E-state index contributed by atoms with van der Waals surface area (Å²) in [5.74, 6) is 2.37. The fourth-order valence-electron chi connectivity index (χ4n) is 9.26. The highest BCUT2D eigenvalue weighted by molar-refractivity contribution is 5.73. The predicted octanol–water partition coefficient (Wildman–Crippen LogP) is 6.22. The molecule has 2 saturated carbocycles.